The van der Waals surface area contributed by atoms with Gasteiger partial charge in [-0.3, -0.25) is 14.9 Å². The number of nitro benzene ring substituents is 1. The van der Waals surface area contributed by atoms with Crippen molar-refractivity contribution in [1.82, 2.24) is 10.2 Å². The van der Waals surface area contributed by atoms with E-state index in [1.165, 1.54) is 29.2 Å². The van der Waals surface area contributed by atoms with Crippen molar-refractivity contribution in [2.24, 2.45) is 0 Å². The number of anilines is 2. The van der Waals surface area contributed by atoms with Crippen LogP contribution in [0.25, 0.3) is 11.3 Å². The second-order valence-corrected chi connectivity index (χ2v) is 7.56. The second-order valence-electron chi connectivity index (χ2n) is 7.56. The Morgan fingerprint density at radius 3 is 2.55 bits per heavy atom. The number of likely N-dealkylation sites (N-methyl/N-ethyl adjacent to an activating group) is 1. The van der Waals surface area contributed by atoms with E-state index in [4.69, 9.17) is 0 Å². The number of nitrogens with one attached hydrogen (secondary N) is 2. The molecule has 0 bridgehead atoms. The van der Waals surface area contributed by atoms with Crippen molar-refractivity contribution in [2.45, 2.75) is 0 Å². The van der Waals surface area contributed by atoms with E-state index in [-0.39, 0.29) is 11.3 Å². The highest BCUT2D eigenvalue weighted by molar-refractivity contribution is 6.04. The Balaban J connectivity index is 1.47. The first-order valence-electron chi connectivity index (χ1n) is 10.1. The van der Waals surface area contributed by atoms with Crippen molar-refractivity contribution >= 4 is 23.1 Å². The summed E-state index contributed by atoms with van der Waals surface area (Å²) in [5, 5.41) is 22.5. The third kappa shape index (κ3) is 4.84. The Bertz CT molecular complexity index is 1090. The van der Waals surface area contributed by atoms with Gasteiger partial charge in [0.25, 0.3) is 11.6 Å². The molecule has 1 aliphatic heterocycles. The van der Waals surface area contributed by atoms with E-state index in [1.54, 1.807) is 12.1 Å². The van der Waals surface area contributed by atoms with Crippen molar-refractivity contribution in [3.05, 3.63) is 76.3 Å². The molecule has 0 saturated carbocycles. The molecule has 1 saturated heterocycles. The van der Waals surface area contributed by atoms with Crippen LogP contribution in [-0.4, -0.2) is 54.3 Å². The van der Waals surface area contributed by atoms with Crippen LogP contribution < -0.4 is 15.1 Å². The van der Waals surface area contributed by atoms with Crippen LogP contribution in [0.2, 0.25) is 0 Å². The zero-order valence-electron chi connectivity index (χ0n) is 17.1. The third-order valence-corrected chi connectivity index (χ3v) is 5.33. The summed E-state index contributed by atoms with van der Waals surface area (Å²) in [5.41, 5.74) is 2.19. The molecule has 31 heavy (non-hydrogen) atoms. The number of hydrogen-bond donors (Lipinski definition) is 2. The normalized spacial score (nSPS) is 14.3. The van der Waals surface area contributed by atoms with Gasteiger partial charge in [0, 0.05) is 28.9 Å². The predicted octanol–water partition coefficient (Wildman–Crippen LogP) is 1.64. The Morgan fingerprint density at radius 1 is 1.06 bits per heavy atom. The Hall–Kier alpha value is -3.85. The summed E-state index contributed by atoms with van der Waals surface area (Å²) >= 11 is 0. The molecular formula is C22H23N6O3+. The first-order chi connectivity index (χ1) is 15.0. The number of carbonyl (C=O) groups is 1. The van der Waals surface area contributed by atoms with Crippen LogP contribution in [0, 0.1) is 10.1 Å². The van der Waals surface area contributed by atoms with Crippen molar-refractivity contribution < 1.29 is 14.6 Å². The molecule has 2 heterocycles. The molecule has 158 valence electrons. The molecule has 1 amide bonds. The quantitative estimate of drug-likeness (QED) is 0.481. The maximum atomic E-state index is 12.5. The molecule has 9 heteroatoms. The molecule has 3 aromatic rings. The lowest BCUT2D eigenvalue weighted by molar-refractivity contribution is -0.880. The smallest absolute Gasteiger partial charge is 0.270 e. The largest absolute Gasteiger partial charge is 0.344 e. The van der Waals surface area contributed by atoms with Crippen molar-refractivity contribution in [2.75, 3.05) is 43.4 Å². The zero-order valence-corrected chi connectivity index (χ0v) is 17.1. The average molecular weight is 419 g/mol. The van der Waals surface area contributed by atoms with Crippen LogP contribution in [0.5, 0.6) is 0 Å². The van der Waals surface area contributed by atoms with Gasteiger partial charge in [-0.2, -0.15) is 0 Å². The van der Waals surface area contributed by atoms with Gasteiger partial charge in [-0.1, -0.05) is 18.2 Å². The first kappa shape index (κ1) is 20.4. The minimum absolute atomic E-state index is 0.126. The minimum atomic E-state index is -0.525. The van der Waals surface area contributed by atoms with Crippen LogP contribution in [0.3, 0.4) is 0 Å². The summed E-state index contributed by atoms with van der Waals surface area (Å²) in [5.74, 6) is 0.450. The number of aromatic nitrogens is 2. The molecular weight excluding hydrogens is 396 g/mol. The van der Waals surface area contributed by atoms with Crippen LogP contribution in [-0.2, 0) is 0 Å². The van der Waals surface area contributed by atoms with E-state index in [1.807, 2.05) is 24.3 Å². The number of non-ortho nitro benzene ring substituents is 1. The van der Waals surface area contributed by atoms with E-state index < -0.39 is 10.8 Å². The summed E-state index contributed by atoms with van der Waals surface area (Å²) in [6.45, 7) is 4.07. The van der Waals surface area contributed by atoms with E-state index in [9.17, 15) is 14.9 Å². The van der Waals surface area contributed by atoms with E-state index in [0.29, 0.717) is 11.4 Å². The fourth-order valence-corrected chi connectivity index (χ4v) is 3.49. The van der Waals surface area contributed by atoms with Gasteiger partial charge in [0.1, 0.15) is 0 Å². The molecule has 0 spiro atoms. The van der Waals surface area contributed by atoms with Gasteiger partial charge in [0.15, 0.2) is 5.82 Å². The number of carbonyl (C=O) groups excluding carboxylic acids is 1. The van der Waals surface area contributed by atoms with Gasteiger partial charge in [0.05, 0.1) is 43.8 Å². The molecule has 0 radical (unpaired) electrons. The van der Waals surface area contributed by atoms with Gasteiger partial charge in [-0.05, 0) is 30.3 Å². The number of benzene rings is 2. The van der Waals surface area contributed by atoms with Crippen LogP contribution in [0.15, 0.2) is 60.7 Å². The van der Waals surface area contributed by atoms with E-state index in [2.05, 4.69) is 27.5 Å². The van der Waals surface area contributed by atoms with E-state index in [0.717, 1.165) is 37.6 Å². The van der Waals surface area contributed by atoms with Gasteiger partial charge >= 0.3 is 0 Å². The number of hydrogen-bond acceptors (Lipinski definition) is 6. The Morgan fingerprint density at radius 2 is 1.84 bits per heavy atom. The Kier molecular flexibility index (Phi) is 5.85. The molecule has 2 N–H and O–H groups in total. The fourth-order valence-electron chi connectivity index (χ4n) is 3.49. The summed E-state index contributed by atoms with van der Waals surface area (Å²) < 4.78 is 0. The lowest BCUT2D eigenvalue weighted by atomic mass is 10.1. The second kappa shape index (κ2) is 8.88. The molecule has 4 rings (SSSR count). The molecule has 0 atom stereocenters. The summed E-state index contributed by atoms with van der Waals surface area (Å²) in [6.07, 6.45) is 0. The number of amides is 1. The summed E-state index contributed by atoms with van der Waals surface area (Å²) in [7, 11) is 2.19. The standard InChI is InChI=1S/C22H22N6O3/c1-26-10-12-27(13-11-26)21-9-8-20(24-25-21)16-4-2-6-18(14-16)23-22(29)17-5-3-7-19(15-17)28(30)31/h2-9,14-15H,10-13H2,1H3,(H,23,29)/p+1. The summed E-state index contributed by atoms with van der Waals surface area (Å²) in [4.78, 5) is 26.7. The molecule has 0 aliphatic carbocycles. The van der Waals surface area contributed by atoms with Gasteiger partial charge < -0.3 is 15.1 Å². The van der Waals surface area contributed by atoms with Gasteiger partial charge in [-0.25, -0.2) is 0 Å². The molecule has 9 nitrogen and oxygen atoms in total. The zero-order chi connectivity index (χ0) is 21.8. The molecule has 2 aromatic carbocycles. The fraction of sp³-hybridized carbons (Fsp3) is 0.227. The van der Waals surface area contributed by atoms with Gasteiger partial charge in [0.2, 0.25) is 0 Å². The number of nitro groups is 1. The first-order valence-corrected chi connectivity index (χ1v) is 10.1. The molecule has 1 aliphatic rings. The average Bonchev–Trinajstić information content (AvgIpc) is 2.80. The van der Waals surface area contributed by atoms with Crippen molar-refractivity contribution in [3.63, 3.8) is 0 Å². The third-order valence-electron chi connectivity index (χ3n) is 5.33. The highest BCUT2D eigenvalue weighted by Crippen LogP contribution is 2.23. The number of rotatable bonds is 5. The van der Waals surface area contributed by atoms with Crippen molar-refractivity contribution in [1.29, 1.82) is 0 Å². The Labute approximate surface area is 179 Å². The highest BCUT2D eigenvalue weighted by Gasteiger charge is 2.18. The highest BCUT2D eigenvalue weighted by atomic mass is 16.6. The van der Waals surface area contributed by atoms with Crippen LogP contribution in [0.1, 0.15) is 10.4 Å². The lowest BCUT2D eigenvalue weighted by Crippen LogP contribution is -3.12. The minimum Gasteiger partial charge on any atom is -0.344 e. The topological polar surface area (TPSA) is 106 Å². The van der Waals surface area contributed by atoms with Crippen LogP contribution >= 0.6 is 0 Å². The van der Waals surface area contributed by atoms with E-state index >= 15 is 0 Å². The van der Waals surface area contributed by atoms with Crippen LogP contribution in [0.4, 0.5) is 17.2 Å². The maximum Gasteiger partial charge on any atom is 0.270 e. The molecule has 0 unspecified atom stereocenters. The SMILES string of the molecule is C[NH+]1CCN(c2ccc(-c3cccc(NC(=O)c4cccc([N+](=O)[O-])c4)c3)nn2)CC1. The van der Waals surface area contributed by atoms with Crippen molar-refractivity contribution in [3.8, 4) is 11.3 Å². The lowest BCUT2D eigenvalue weighted by Gasteiger charge is -2.30. The monoisotopic (exact) mass is 419 g/mol. The number of quaternary nitrogens is 1. The predicted molar refractivity (Wildman–Crippen MR) is 117 cm³/mol. The number of nitrogens with zero attached hydrogens (tertiary/aromatic N) is 4. The number of piperazine rings is 1. The molecule has 1 fully saturated rings. The summed E-state index contributed by atoms with van der Waals surface area (Å²) in [6, 6.07) is 16.8. The maximum absolute atomic E-state index is 12.5. The molecule has 1 aromatic heterocycles. The van der Waals surface area contributed by atoms with Gasteiger partial charge in [-0.15, -0.1) is 10.2 Å².